The molecule has 1 aromatic heterocycles. The van der Waals surface area contributed by atoms with Crippen molar-refractivity contribution in [1.29, 1.82) is 0 Å². The number of likely N-dealkylation sites (tertiary alicyclic amines) is 1. The van der Waals surface area contributed by atoms with Crippen molar-refractivity contribution in [2.45, 2.75) is 31.9 Å². The van der Waals surface area contributed by atoms with Gasteiger partial charge in [-0.15, -0.1) is 0 Å². The molecule has 2 fully saturated rings. The van der Waals surface area contributed by atoms with E-state index in [1.165, 1.54) is 12.0 Å². The minimum atomic E-state index is -0.256. The molecular weight excluding hydrogens is 280 g/mol. The Morgan fingerprint density at radius 1 is 1.55 bits per heavy atom. The monoisotopic (exact) mass is 306 g/mol. The molecule has 22 heavy (non-hydrogen) atoms. The smallest absolute Gasteiger partial charge is 0.251 e. The summed E-state index contributed by atoms with van der Waals surface area (Å²) in [5.74, 6) is 0.0984. The summed E-state index contributed by atoms with van der Waals surface area (Å²) >= 11 is 0. The summed E-state index contributed by atoms with van der Waals surface area (Å²) in [5, 5.41) is 4.24. The fraction of sp³-hybridized carbons (Fsp3) is 0.750. The molecular formula is C16H26N4O2. The number of likely N-dealkylation sites (N-methyl/N-ethyl adjacent to an activating group) is 1. The van der Waals surface area contributed by atoms with Gasteiger partial charge < -0.3 is 9.64 Å². The fourth-order valence-electron chi connectivity index (χ4n) is 3.78. The minimum Gasteiger partial charge on any atom is -0.368 e. The van der Waals surface area contributed by atoms with Crippen molar-refractivity contribution in [3.8, 4) is 0 Å². The van der Waals surface area contributed by atoms with Gasteiger partial charge in [-0.2, -0.15) is 5.10 Å². The second-order valence-electron chi connectivity index (χ2n) is 7.07. The van der Waals surface area contributed by atoms with E-state index in [0.717, 1.165) is 32.5 Å². The lowest BCUT2D eigenvalue weighted by Crippen LogP contribution is -2.43. The van der Waals surface area contributed by atoms with E-state index in [4.69, 9.17) is 4.74 Å². The van der Waals surface area contributed by atoms with Gasteiger partial charge in [0.1, 0.15) is 6.10 Å². The Hall–Kier alpha value is -1.40. The van der Waals surface area contributed by atoms with E-state index in [9.17, 15) is 4.79 Å². The Morgan fingerprint density at radius 2 is 2.36 bits per heavy atom. The molecule has 2 saturated heterocycles. The van der Waals surface area contributed by atoms with Gasteiger partial charge in [0.05, 0.1) is 12.8 Å². The number of hydrogen-bond acceptors (Lipinski definition) is 4. The Morgan fingerprint density at radius 3 is 3.05 bits per heavy atom. The van der Waals surface area contributed by atoms with Crippen molar-refractivity contribution < 1.29 is 9.53 Å². The normalized spacial score (nSPS) is 29.1. The van der Waals surface area contributed by atoms with Crippen LogP contribution in [0, 0.1) is 5.41 Å². The molecule has 1 spiro atoms. The highest BCUT2D eigenvalue weighted by Crippen LogP contribution is 2.41. The number of aryl methyl sites for hydroxylation is 1. The zero-order valence-corrected chi connectivity index (χ0v) is 13.8. The zero-order valence-electron chi connectivity index (χ0n) is 13.8. The highest BCUT2D eigenvalue weighted by molar-refractivity contribution is 5.80. The molecule has 0 aliphatic carbocycles. The second kappa shape index (κ2) is 6.01. The van der Waals surface area contributed by atoms with Crippen LogP contribution in [0.25, 0.3) is 0 Å². The van der Waals surface area contributed by atoms with Crippen LogP contribution in [-0.4, -0.2) is 65.4 Å². The SMILES string of the molecule is CN(C)C(=O)[C@H]1C[C@@]2(CCCN(Cc3cnn(C)c3)C2)CO1. The van der Waals surface area contributed by atoms with E-state index in [0.29, 0.717) is 6.61 Å². The van der Waals surface area contributed by atoms with Gasteiger partial charge in [-0.25, -0.2) is 0 Å². The van der Waals surface area contributed by atoms with Crippen molar-refractivity contribution in [3.63, 3.8) is 0 Å². The number of carbonyl (C=O) groups excluding carboxylic acids is 1. The predicted octanol–water partition coefficient (Wildman–Crippen LogP) is 0.879. The van der Waals surface area contributed by atoms with Crippen molar-refractivity contribution in [2.75, 3.05) is 33.8 Å². The van der Waals surface area contributed by atoms with Crippen LogP contribution in [0.5, 0.6) is 0 Å². The number of hydrogen-bond donors (Lipinski definition) is 0. The molecule has 1 aromatic rings. The molecule has 2 aliphatic rings. The molecule has 6 heteroatoms. The van der Waals surface area contributed by atoms with Crippen molar-refractivity contribution in [1.82, 2.24) is 19.6 Å². The van der Waals surface area contributed by atoms with Crippen molar-refractivity contribution in [3.05, 3.63) is 18.0 Å². The third kappa shape index (κ3) is 3.17. The summed E-state index contributed by atoms with van der Waals surface area (Å²) in [5.41, 5.74) is 1.40. The first-order chi connectivity index (χ1) is 10.5. The molecule has 0 bridgehead atoms. The third-order valence-corrected chi connectivity index (χ3v) is 4.83. The van der Waals surface area contributed by atoms with Gasteiger partial charge in [-0.05, 0) is 25.8 Å². The number of ether oxygens (including phenoxy) is 1. The van der Waals surface area contributed by atoms with Crippen LogP contribution < -0.4 is 0 Å². The molecule has 3 heterocycles. The van der Waals surface area contributed by atoms with Crippen molar-refractivity contribution >= 4 is 5.91 Å². The van der Waals surface area contributed by atoms with Crippen LogP contribution >= 0.6 is 0 Å². The first-order valence-corrected chi connectivity index (χ1v) is 8.00. The summed E-state index contributed by atoms with van der Waals surface area (Å²) in [6.07, 6.45) is 6.94. The molecule has 0 aromatic carbocycles. The summed E-state index contributed by atoms with van der Waals surface area (Å²) in [6, 6.07) is 0. The molecule has 0 radical (unpaired) electrons. The average Bonchev–Trinajstić information content (AvgIpc) is 3.05. The summed E-state index contributed by atoms with van der Waals surface area (Å²) in [6.45, 7) is 3.77. The molecule has 3 rings (SSSR count). The lowest BCUT2D eigenvalue weighted by molar-refractivity contribution is -0.138. The van der Waals surface area contributed by atoms with Crippen LogP contribution in [-0.2, 0) is 23.1 Å². The van der Waals surface area contributed by atoms with Gasteiger partial charge in [0.25, 0.3) is 5.91 Å². The first-order valence-electron chi connectivity index (χ1n) is 8.00. The van der Waals surface area contributed by atoms with Crippen LogP contribution in [0.4, 0.5) is 0 Å². The van der Waals surface area contributed by atoms with Gasteiger partial charge in [-0.3, -0.25) is 14.4 Å². The molecule has 6 nitrogen and oxygen atoms in total. The van der Waals surface area contributed by atoms with Crippen LogP contribution in [0.2, 0.25) is 0 Å². The maximum atomic E-state index is 12.1. The van der Waals surface area contributed by atoms with Gasteiger partial charge in [0.2, 0.25) is 0 Å². The van der Waals surface area contributed by atoms with Crippen LogP contribution in [0.1, 0.15) is 24.8 Å². The average molecular weight is 306 g/mol. The number of nitrogens with zero attached hydrogens (tertiary/aromatic N) is 4. The standard InChI is InChI=1S/C16H26N4O2/c1-18(2)15(21)14-7-16(12-22-14)5-4-6-20(11-16)10-13-8-17-19(3)9-13/h8-9,14H,4-7,10-12H2,1-3H3/t14-,16-/m1/s1. The number of piperidine rings is 1. The van der Waals surface area contributed by atoms with E-state index < -0.39 is 0 Å². The van der Waals surface area contributed by atoms with E-state index in [-0.39, 0.29) is 17.4 Å². The number of amides is 1. The largest absolute Gasteiger partial charge is 0.368 e. The highest BCUT2D eigenvalue weighted by Gasteiger charge is 2.45. The lowest BCUT2D eigenvalue weighted by Gasteiger charge is -2.39. The highest BCUT2D eigenvalue weighted by atomic mass is 16.5. The Kier molecular flexibility index (Phi) is 4.23. The minimum absolute atomic E-state index is 0.0984. The lowest BCUT2D eigenvalue weighted by atomic mass is 9.78. The maximum absolute atomic E-state index is 12.1. The van der Waals surface area contributed by atoms with Gasteiger partial charge in [0, 0.05) is 51.4 Å². The van der Waals surface area contributed by atoms with E-state index in [1.807, 2.05) is 17.9 Å². The second-order valence-corrected chi connectivity index (χ2v) is 7.07. The Labute approximate surface area is 132 Å². The van der Waals surface area contributed by atoms with Gasteiger partial charge >= 0.3 is 0 Å². The predicted molar refractivity (Wildman–Crippen MR) is 83.2 cm³/mol. The van der Waals surface area contributed by atoms with E-state index >= 15 is 0 Å². The van der Waals surface area contributed by atoms with Crippen molar-refractivity contribution in [2.24, 2.45) is 12.5 Å². The molecule has 0 saturated carbocycles. The molecule has 2 aliphatic heterocycles. The van der Waals surface area contributed by atoms with Crippen LogP contribution in [0.3, 0.4) is 0 Å². The quantitative estimate of drug-likeness (QED) is 0.832. The fourth-order valence-corrected chi connectivity index (χ4v) is 3.78. The molecule has 0 unspecified atom stereocenters. The third-order valence-electron chi connectivity index (χ3n) is 4.83. The Balaban J connectivity index is 1.62. The topological polar surface area (TPSA) is 50.6 Å². The number of carbonyl (C=O) groups is 1. The first kappa shape index (κ1) is 15.5. The molecule has 122 valence electrons. The van der Waals surface area contributed by atoms with E-state index in [1.54, 1.807) is 19.0 Å². The molecule has 1 amide bonds. The zero-order chi connectivity index (χ0) is 15.7. The molecule has 0 N–H and O–H groups in total. The summed E-state index contributed by atoms with van der Waals surface area (Å²) in [7, 11) is 5.54. The maximum Gasteiger partial charge on any atom is 0.251 e. The summed E-state index contributed by atoms with van der Waals surface area (Å²) < 4.78 is 7.68. The van der Waals surface area contributed by atoms with Gasteiger partial charge in [-0.1, -0.05) is 0 Å². The van der Waals surface area contributed by atoms with Gasteiger partial charge in [0.15, 0.2) is 0 Å². The Bertz CT molecular complexity index is 542. The van der Waals surface area contributed by atoms with E-state index in [2.05, 4.69) is 16.2 Å². The molecule has 2 atom stereocenters. The summed E-state index contributed by atoms with van der Waals surface area (Å²) in [4.78, 5) is 16.2. The number of rotatable bonds is 3. The van der Waals surface area contributed by atoms with Crippen LogP contribution in [0.15, 0.2) is 12.4 Å². The number of aromatic nitrogens is 2.